The smallest absolute Gasteiger partial charge is 0.305 e. The third-order valence-electron chi connectivity index (χ3n) is 4.32. The molecule has 0 radical (unpaired) electrons. The topological polar surface area (TPSA) is 57.6 Å². The van der Waals surface area contributed by atoms with E-state index in [-0.39, 0.29) is 24.3 Å². The summed E-state index contributed by atoms with van der Waals surface area (Å²) < 4.78 is 0. The van der Waals surface area contributed by atoms with Gasteiger partial charge >= 0.3 is 5.97 Å². The molecule has 4 nitrogen and oxygen atoms in total. The zero-order valence-corrected chi connectivity index (χ0v) is 12.6. The number of rotatable bonds is 3. The lowest BCUT2D eigenvalue weighted by Crippen LogP contribution is -2.46. The van der Waals surface area contributed by atoms with Gasteiger partial charge in [0.1, 0.15) is 0 Å². The molecule has 1 saturated heterocycles. The van der Waals surface area contributed by atoms with Gasteiger partial charge in [-0.1, -0.05) is 18.2 Å². The number of likely N-dealkylation sites (tertiary alicyclic amines) is 1. The fraction of sp³-hybridized carbons (Fsp3) is 0.500. The van der Waals surface area contributed by atoms with E-state index in [1.807, 2.05) is 23.1 Å². The number of aliphatic carboxylic acids is 1. The monoisotopic (exact) mass is 305 g/mol. The number of fused-ring (bicyclic) bond motifs is 1. The van der Waals surface area contributed by atoms with Gasteiger partial charge in [-0.15, -0.1) is 11.8 Å². The maximum Gasteiger partial charge on any atom is 0.305 e. The summed E-state index contributed by atoms with van der Waals surface area (Å²) in [7, 11) is 0. The third-order valence-corrected chi connectivity index (χ3v) is 5.50. The molecule has 1 fully saturated rings. The van der Waals surface area contributed by atoms with E-state index in [2.05, 4.69) is 6.07 Å². The van der Waals surface area contributed by atoms with Gasteiger partial charge in [-0.2, -0.15) is 0 Å². The largest absolute Gasteiger partial charge is 0.481 e. The molecular formula is C16H19NO3S. The Morgan fingerprint density at radius 3 is 2.90 bits per heavy atom. The van der Waals surface area contributed by atoms with Crippen molar-refractivity contribution in [2.75, 3.05) is 12.3 Å². The van der Waals surface area contributed by atoms with Crippen LogP contribution >= 0.6 is 11.8 Å². The van der Waals surface area contributed by atoms with E-state index in [1.165, 1.54) is 4.90 Å². The Bertz CT molecular complexity index is 560. The van der Waals surface area contributed by atoms with E-state index in [0.29, 0.717) is 6.54 Å². The van der Waals surface area contributed by atoms with Gasteiger partial charge in [-0.25, -0.2) is 0 Å². The number of benzene rings is 1. The predicted octanol–water partition coefficient (Wildman–Crippen LogP) is 2.73. The first-order valence-corrected chi connectivity index (χ1v) is 8.39. The van der Waals surface area contributed by atoms with Gasteiger partial charge < -0.3 is 10.0 Å². The first-order valence-electron chi connectivity index (χ1n) is 7.41. The van der Waals surface area contributed by atoms with Crippen LogP contribution in [0.1, 0.15) is 37.2 Å². The van der Waals surface area contributed by atoms with Gasteiger partial charge in [0.05, 0.1) is 12.3 Å². The summed E-state index contributed by atoms with van der Waals surface area (Å²) >= 11 is 1.72. The number of carboxylic acid groups (broad SMARTS) is 1. The second-order valence-electron chi connectivity index (χ2n) is 5.68. The van der Waals surface area contributed by atoms with Crippen LogP contribution < -0.4 is 0 Å². The Morgan fingerprint density at radius 1 is 1.29 bits per heavy atom. The molecule has 1 amide bonds. The maximum absolute atomic E-state index is 12.9. The van der Waals surface area contributed by atoms with Crippen LogP contribution in [0, 0.1) is 0 Å². The van der Waals surface area contributed by atoms with Gasteiger partial charge in [0.2, 0.25) is 5.91 Å². The van der Waals surface area contributed by atoms with Crippen LogP contribution in [0.3, 0.4) is 0 Å². The van der Waals surface area contributed by atoms with Crippen molar-refractivity contribution in [2.24, 2.45) is 0 Å². The number of piperidine rings is 1. The minimum atomic E-state index is -0.819. The number of hydrogen-bond acceptors (Lipinski definition) is 3. The average Bonchev–Trinajstić information content (AvgIpc) is 2.90. The number of carboxylic acids is 1. The van der Waals surface area contributed by atoms with Crippen molar-refractivity contribution in [1.29, 1.82) is 0 Å². The highest BCUT2D eigenvalue weighted by molar-refractivity contribution is 7.99. The van der Waals surface area contributed by atoms with Gasteiger partial charge in [0.25, 0.3) is 0 Å². The molecule has 112 valence electrons. The van der Waals surface area contributed by atoms with E-state index < -0.39 is 5.97 Å². The summed E-state index contributed by atoms with van der Waals surface area (Å²) in [6, 6.07) is 7.90. The summed E-state index contributed by atoms with van der Waals surface area (Å²) in [4.78, 5) is 26.9. The van der Waals surface area contributed by atoms with E-state index in [1.54, 1.807) is 11.8 Å². The molecule has 0 aromatic heterocycles. The summed E-state index contributed by atoms with van der Waals surface area (Å²) in [6.45, 7) is 0.695. The standard InChI is InChI=1S/C16H19NO3S/c18-15(19)9-11-5-3-4-8-17(11)16(20)13-10-21-14-7-2-1-6-12(13)14/h1-2,6-7,11,13H,3-5,8-10H2,(H,18,19). The van der Waals surface area contributed by atoms with Crippen molar-refractivity contribution in [3.8, 4) is 0 Å². The maximum atomic E-state index is 12.9. The number of amides is 1. The van der Waals surface area contributed by atoms with Crippen LogP contribution in [0.5, 0.6) is 0 Å². The fourth-order valence-corrected chi connectivity index (χ4v) is 4.49. The molecule has 3 rings (SSSR count). The van der Waals surface area contributed by atoms with Gasteiger partial charge in [0, 0.05) is 23.2 Å². The SMILES string of the molecule is O=C(O)CC1CCCCN1C(=O)C1CSc2ccccc21. The molecule has 0 saturated carbocycles. The molecule has 21 heavy (non-hydrogen) atoms. The molecule has 0 aliphatic carbocycles. The van der Waals surface area contributed by atoms with Crippen molar-refractivity contribution < 1.29 is 14.7 Å². The molecule has 1 aromatic rings. The normalized spacial score (nSPS) is 24.7. The molecule has 0 bridgehead atoms. The number of thioether (sulfide) groups is 1. The molecular weight excluding hydrogens is 286 g/mol. The highest BCUT2D eigenvalue weighted by Gasteiger charge is 2.36. The Kier molecular flexibility index (Phi) is 4.19. The molecule has 2 unspecified atom stereocenters. The number of hydrogen-bond donors (Lipinski definition) is 1. The number of carbonyl (C=O) groups excluding carboxylic acids is 1. The first kappa shape index (κ1) is 14.4. The third kappa shape index (κ3) is 2.93. The van der Waals surface area contributed by atoms with Crippen molar-refractivity contribution in [3.05, 3.63) is 29.8 Å². The molecule has 2 aliphatic rings. The van der Waals surface area contributed by atoms with Gasteiger partial charge in [-0.3, -0.25) is 9.59 Å². The molecule has 1 aromatic carbocycles. The summed E-state index contributed by atoms with van der Waals surface area (Å²) in [5.41, 5.74) is 1.10. The molecule has 1 N–H and O–H groups in total. The zero-order chi connectivity index (χ0) is 14.8. The molecule has 2 heterocycles. The van der Waals surface area contributed by atoms with Crippen LogP contribution in [0.15, 0.2) is 29.2 Å². The minimum Gasteiger partial charge on any atom is -0.481 e. The van der Waals surface area contributed by atoms with Crippen LogP contribution in [0.25, 0.3) is 0 Å². The summed E-state index contributed by atoms with van der Waals surface area (Å²) in [5, 5.41) is 9.05. The minimum absolute atomic E-state index is 0.0627. The van der Waals surface area contributed by atoms with E-state index in [9.17, 15) is 9.59 Å². The summed E-state index contributed by atoms with van der Waals surface area (Å²) in [5.74, 6) is -0.0473. The highest BCUT2D eigenvalue weighted by atomic mass is 32.2. The lowest BCUT2D eigenvalue weighted by Gasteiger charge is -2.36. The first-order chi connectivity index (χ1) is 10.2. The van der Waals surface area contributed by atoms with Crippen LogP contribution in [0.4, 0.5) is 0 Å². The van der Waals surface area contributed by atoms with Crippen molar-refractivity contribution in [3.63, 3.8) is 0 Å². The number of nitrogens with zero attached hydrogens (tertiary/aromatic N) is 1. The Labute approximate surface area is 128 Å². The lowest BCUT2D eigenvalue weighted by atomic mass is 9.94. The second kappa shape index (κ2) is 6.10. The molecule has 2 atom stereocenters. The van der Waals surface area contributed by atoms with Crippen LogP contribution in [0.2, 0.25) is 0 Å². The number of carbonyl (C=O) groups is 2. The quantitative estimate of drug-likeness (QED) is 0.933. The van der Waals surface area contributed by atoms with E-state index in [0.717, 1.165) is 30.6 Å². The Hall–Kier alpha value is -1.49. The van der Waals surface area contributed by atoms with Crippen molar-refractivity contribution >= 4 is 23.6 Å². The Balaban J connectivity index is 1.79. The second-order valence-corrected chi connectivity index (χ2v) is 6.74. The molecule has 0 spiro atoms. The lowest BCUT2D eigenvalue weighted by molar-refractivity contribution is -0.142. The molecule has 2 aliphatic heterocycles. The van der Waals surface area contributed by atoms with Crippen molar-refractivity contribution in [1.82, 2.24) is 4.90 Å². The fourth-order valence-electron chi connectivity index (χ4n) is 3.27. The summed E-state index contributed by atoms with van der Waals surface area (Å²) in [6.07, 6.45) is 2.86. The average molecular weight is 305 g/mol. The Morgan fingerprint density at radius 2 is 2.10 bits per heavy atom. The van der Waals surface area contributed by atoms with Crippen LogP contribution in [-0.2, 0) is 9.59 Å². The highest BCUT2D eigenvalue weighted by Crippen LogP contribution is 2.41. The zero-order valence-electron chi connectivity index (χ0n) is 11.8. The predicted molar refractivity (Wildman–Crippen MR) is 81.5 cm³/mol. The van der Waals surface area contributed by atoms with Crippen LogP contribution in [-0.4, -0.2) is 40.2 Å². The van der Waals surface area contributed by atoms with Crippen molar-refractivity contribution in [2.45, 2.75) is 42.5 Å². The van der Waals surface area contributed by atoms with E-state index in [4.69, 9.17) is 5.11 Å². The van der Waals surface area contributed by atoms with Gasteiger partial charge in [-0.05, 0) is 30.9 Å². The molecule has 5 heteroatoms. The van der Waals surface area contributed by atoms with E-state index >= 15 is 0 Å². The van der Waals surface area contributed by atoms with Gasteiger partial charge in [0.15, 0.2) is 0 Å².